The lowest BCUT2D eigenvalue weighted by molar-refractivity contribution is -0.246. The highest BCUT2D eigenvalue weighted by Gasteiger charge is 2.65. The highest BCUT2D eigenvalue weighted by Crippen LogP contribution is 2.51. The second-order valence-corrected chi connectivity index (χ2v) is 9.59. The van der Waals surface area contributed by atoms with Gasteiger partial charge in [0.25, 0.3) is 5.91 Å². The molecule has 5 atom stereocenters. The molecule has 1 aromatic carbocycles. The maximum atomic E-state index is 13.3. The molecule has 3 aliphatic heterocycles. The summed E-state index contributed by atoms with van der Waals surface area (Å²) in [6, 6.07) is 9.43. The van der Waals surface area contributed by atoms with E-state index in [-0.39, 0.29) is 18.1 Å². The van der Waals surface area contributed by atoms with Gasteiger partial charge in [-0.15, -0.1) is 0 Å². The summed E-state index contributed by atoms with van der Waals surface area (Å²) in [4.78, 5) is 13.3. The summed E-state index contributed by atoms with van der Waals surface area (Å²) in [5, 5.41) is 2.97. The fraction of sp³-hybridized carbons (Fsp3) is 0.708. The lowest BCUT2D eigenvalue weighted by atomic mass is 9.94. The van der Waals surface area contributed by atoms with Crippen molar-refractivity contribution in [1.82, 2.24) is 0 Å². The predicted molar refractivity (Wildman–Crippen MR) is 111 cm³/mol. The van der Waals surface area contributed by atoms with Crippen LogP contribution in [0.15, 0.2) is 30.3 Å². The van der Waals surface area contributed by atoms with Gasteiger partial charge in [0.2, 0.25) is 0 Å². The summed E-state index contributed by atoms with van der Waals surface area (Å²) in [6.07, 6.45) is 7.39. The van der Waals surface area contributed by atoms with Crippen LogP contribution in [0.2, 0.25) is 0 Å². The maximum Gasteiger partial charge on any atom is 0.256 e. The molecule has 5 fully saturated rings. The molecular weight excluding hydrogens is 398 g/mol. The number of anilines is 1. The van der Waals surface area contributed by atoms with E-state index in [2.05, 4.69) is 5.32 Å². The van der Waals surface area contributed by atoms with Crippen molar-refractivity contribution in [2.24, 2.45) is 0 Å². The molecule has 1 aromatic rings. The van der Waals surface area contributed by atoms with Crippen LogP contribution >= 0.6 is 0 Å². The zero-order valence-electron chi connectivity index (χ0n) is 17.8. The summed E-state index contributed by atoms with van der Waals surface area (Å²) in [5.41, 5.74) is 0.730. The second kappa shape index (κ2) is 7.81. The average molecular weight is 430 g/mol. The largest absolute Gasteiger partial charge is 0.341 e. The zero-order chi connectivity index (χ0) is 20.9. The summed E-state index contributed by atoms with van der Waals surface area (Å²) >= 11 is 0. The van der Waals surface area contributed by atoms with E-state index in [1.807, 2.05) is 30.3 Å². The van der Waals surface area contributed by atoms with Crippen LogP contribution in [-0.4, -0.2) is 48.2 Å². The molecule has 3 heterocycles. The molecular formula is C24H31NO6. The van der Waals surface area contributed by atoms with Crippen molar-refractivity contribution >= 4 is 11.6 Å². The minimum absolute atomic E-state index is 0.232. The Kier molecular flexibility index (Phi) is 5.07. The monoisotopic (exact) mass is 429 g/mol. The number of carbonyl (C=O) groups excluding carboxylic acids is 1. The van der Waals surface area contributed by atoms with E-state index in [9.17, 15) is 4.79 Å². The molecule has 0 radical (unpaired) electrons. The molecule has 0 aromatic heterocycles. The maximum absolute atomic E-state index is 13.3. The van der Waals surface area contributed by atoms with Crippen molar-refractivity contribution < 1.29 is 28.5 Å². The number of hydrogen-bond donors (Lipinski definition) is 1. The van der Waals surface area contributed by atoms with Gasteiger partial charge in [-0.25, -0.2) is 0 Å². The number of amides is 1. The number of hydrogen-bond acceptors (Lipinski definition) is 6. The predicted octanol–water partition coefficient (Wildman–Crippen LogP) is 3.87. The lowest BCUT2D eigenvalue weighted by Gasteiger charge is -2.36. The molecule has 2 aliphatic carbocycles. The Morgan fingerprint density at radius 1 is 0.742 bits per heavy atom. The van der Waals surface area contributed by atoms with E-state index >= 15 is 0 Å². The van der Waals surface area contributed by atoms with Crippen LogP contribution in [0.4, 0.5) is 5.69 Å². The summed E-state index contributed by atoms with van der Waals surface area (Å²) in [5.74, 6) is -1.48. The SMILES string of the molecule is O=C(Nc1ccccc1)[C@@H]1O[C@H]2OC3(CCCCC3)O[C@@H]2[C@H]2OC3(CCCCC3)O[C@@H]21. The summed E-state index contributed by atoms with van der Waals surface area (Å²) < 4.78 is 32.2. The molecule has 168 valence electrons. The van der Waals surface area contributed by atoms with E-state index in [0.29, 0.717) is 0 Å². The number of ether oxygens (including phenoxy) is 5. The van der Waals surface area contributed by atoms with Crippen molar-refractivity contribution in [3.63, 3.8) is 0 Å². The zero-order valence-corrected chi connectivity index (χ0v) is 17.8. The van der Waals surface area contributed by atoms with Gasteiger partial charge in [-0.2, -0.15) is 0 Å². The molecule has 2 spiro atoms. The van der Waals surface area contributed by atoms with Crippen molar-refractivity contribution in [3.05, 3.63) is 30.3 Å². The smallest absolute Gasteiger partial charge is 0.256 e. The molecule has 31 heavy (non-hydrogen) atoms. The molecule has 1 amide bonds. The molecule has 7 nitrogen and oxygen atoms in total. The van der Waals surface area contributed by atoms with Gasteiger partial charge >= 0.3 is 0 Å². The topological polar surface area (TPSA) is 75.3 Å². The molecule has 2 saturated carbocycles. The van der Waals surface area contributed by atoms with E-state index in [4.69, 9.17) is 23.7 Å². The highest BCUT2D eigenvalue weighted by atomic mass is 16.9. The number of carbonyl (C=O) groups is 1. The fourth-order valence-corrected chi connectivity index (χ4v) is 5.90. The van der Waals surface area contributed by atoms with Crippen molar-refractivity contribution in [2.75, 3.05) is 5.32 Å². The standard InChI is InChI=1S/C24H31NO6/c26-21(25-16-10-4-1-5-11-16)19-17-18(29-23(28-17)12-6-2-7-13-23)20-22(27-19)31-24(30-20)14-8-3-9-15-24/h1,4-5,10-11,17-20,22H,2-3,6-9,12-15H2,(H,25,26)/t17-,18-,19+,20+,22-/m0/s1. The Morgan fingerprint density at radius 2 is 1.32 bits per heavy atom. The number of fused-ring (bicyclic) bond motifs is 3. The quantitative estimate of drug-likeness (QED) is 0.769. The third kappa shape index (κ3) is 3.60. The second-order valence-electron chi connectivity index (χ2n) is 9.59. The Hall–Kier alpha value is -1.51. The first-order valence-electron chi connectivity index (χ1n) is 11.9. The van der Waals surface area contributed by atoms with Crippen LogP contribution in [0.3, 0.4) is 0 Å². The third-order valence-corrected chi connectivity index (χ3v) is 7.41. The summed E-state index contributed by atoms with van der Waals surface area (Å²) in [7, 11) is 0. The molecule has 3 saturated heterocycles. The minimum Gasteiger partial charge on any atom is -0.341 e. The van der Waals surface area contributed by atoms with Crippen molar-refractivity contribution in [2.45, 2.75) is 106 Å². The third-order valence-electron chi connectivity index (χ3n) is 7.41. The van der Waals surface area contributed by atoms with E-state index < -0.39 is 30.1 Å². The molecule has 0 unspecified atom stereocenters. The minimum atomic E-state index is -0.810. The lowest BCUT2D eigenvalue weighted by Crippen LogP contribution is -2.58. The Bertz CT molecular complexity index is 804. The molecule has 1 N–H and O–H groups in total. The van der Waals surface area contributed by atoms with E-state index in [0.717, 1.165) is 57.1 Å². The normalized spacial score (nSPS) is 38.0. The molecule has 0 bridgehead atoms. The van der Waals surface area contributed by atoms with E-state index in [1.165, 1.54) is 12.8 Å². The van der Waals surface area contributed by atoms with Gasteiger partial charge in [0.05, 0.1) is 0 Å². The van der Waals surface area contributed by atoms with Gasteiger partial charge in [-0.3, -0.25) is 4.79 Å². The number of nitrogens with one attached hydrogen (secondary N) is 1. The Balaban J connectivity index is 1.28. The van der Waals surface area contributed by atoms with Crippen LogP contribution in [0.5, 0.6) is 0 Å². The van der Waals surface area contributed by atoms with Gasteiger partial charge in [-0.05, 0) is 37.8 Å². The van der Waals surface area contributed by atoms with Gasteiger partial charge in [0, 0.05) is 31.4 Å². The van der Waals surface area contributed by atoms with Gasteiger partial charge in [0.15, 0.2) is 24.0 Å². The van der Waals surface area contributed by atoms with Gasteiger partial charge in [-0.1, -0.05) is 31.0 Å². The van der Waals surface area contributed by atoms with E-state index in [1.54, 1.807) is 0 Å². The molecule has 6 rings (SSSR count). The molecule has 5 aliphatic rings. The Morgan fingerprint density at radius 3 is 2.00 bits per heavy atom. The van der Waals surface area contributed by atoms with Crippen LogP contribution in [0.25, 0.3) is 0 Å². The molecule has 7 heteroatoms. The van der Waals surface area contributed by atoms with Crippen molar-refractivity contribution in [3.8, 4) is 0 Å². The van der Waals surface area contributed by atoms with Crippen LogP contribution < -0.4 is 5.32 Å². The van der Waals surface area contributed by atoms with Crippen LogP contribution in [-0.2, 0) is 28.5 Å². The summed E-state index contributed by atoms with van der Waals surface area (Å²) in [6.45, 7) is 0. The van der Waals surface area contributed by atoms with Crippen LogP contribution in [0.1, 0.15) is 64.2 Å². The van der Waals surface area contributed by atoms with Gasteiger partial charge < -0.3 is 29.0 Å². The van der Waals surface area contributed by atoms with Crippen molar-refractivity contribution in [1.29, 1.82) is 0 Å². The van der Waals surface area contributed by atoms with Gasteiger partial charge in [0.1, 0.15) is 18.3 Å². The number of benzene rings is 1. The first-order valence-corrected chi connectivity index (χ1v) is 11.9. The first-order chi connectivity index (χ1) is 15.2. The highest BCUT2D eigenvalue weighted by molar-refractivity contribution is 5.94. The van der Waals surface area contributed by atoms with Crippen LogP contribution in [0, 0.1) is 0 Å². The fourth-order valence-electron chi connectivity index (χ4n) is 5.90. The number of para-hydroxylation sites is 1. The average Bonchev–Trinajstić information content (AvgIpc) is 3.33. The Labute approximate surface area is 182 Å². The number of rotatable bonds is 2. The first kappa shape index (κ1) is 20.1.